The van der Waals surface area contributed by atoms with Crippen molar-refractivity contribution in [3.8, 4) is 0 Å². The van der Waals surface area contributed by atoms with E-state index in [1.165, 1.54) is 6.42 Å². The van der Waals surface area contributed by atoms with Gasteiger partial charge in [0.05, 0.1) is 12.1 Å². The highest BCUT2D eigenvalue weighted by Gasteiger charge is 2.31. The summed E-state index contributed by atoms with van der Waals surface area (Å²) in [6.07, 6.45) is 2.31. The molecule has 0 bridgehead atoms. The zero-order valence-electron chi connectivity index (χ0n) is 10.2. The van der Waals surface area contributed by atoms with Crippen LogP contribution in [-0.4, -0.2) is 27.6 Å². The lowest BCUT2D eigenvalue weighted by atomic mass is 10.2. The molecule has 1 fully saturated rings. The summed E-state index contributed by atoms with van der Waals surface area (Å²) >= 11 is 0. The fourth-order valence-electron chi connectivity index (χ4n) is 2.25. The summed E-state index contributed by atoms with van der Waals surface area (Å²) in [6.45, 7) is 7.37. The van der Waals surface area contributed by atoms with E-state index < -0.39 is 0 Å². The molecule has 1 saturated heterocycles. The Hall–Kier alpha value is -0.940. The molecule has 0 amide bonds. The summed E-state index contributed by atoms with van der Waals surface area (Å²) in [4.78, 5) is 6.79. The number of hydrogen-bond acceptors (Lipinski definition) is 5. The topological polar surface area (TPSA) is 68.2 Å². The Kier molecular flexibility index (Phi) is 3.25. The van der Waals surface area contributed by atoms with Gasteiger partial charge in [-0.3, -0.25) is 4.90 Å². The first-order valence-electron chi connectivity index (χ1n) is 5.94. The third kappa shape index (κ3) is 2.10. The molecule has 5 heteroatoms. The molecule has 2 atom stereocenters. The Morgan fingerprint density at radius 2 is 2.19 bits per heavy atom. The molecule has 2 heterocycles. The van der Waals surface area contributed by atoms with E-state index in [-0.39, 0.29) is 6.04 Å². The van der Waals surface area contributed by atoms with E-state index in [2.05, 4.69) is 28.9 Å². The molecule has 1 aliphatic heterocycles. The Balaban J connectivity index is 2.16. The molecule has 1 aromatic heterocycles. The van der Waals surface area contributed by atoms with Crippen LogP contribution in [0.3, 0.4) is 0 Å². The van der Waals surface area contributed by atoms with Crippen LogP contribution >= 0.6 is 0 Å². The van der Waals surface area contributed by atoms with Crippen LogP contribution in [-0.2, 0) is 0 Å². The van der Waals surface area contributed by atoms with Crippen LogP contribution in [0, 0.1) is 0 Å². The lowest BCUT2D eigenvalue weighted by molar-refractivity contribution is 0.195. The summed E-state index contributed by atoms with van der Waals surface area (Å²) < 4.78 is 5.15. The van der Waals surface area contributed by atoms with Gasteiger partial charge in [-0.05, 0) is 40.2 Å². The van der Waals surface area contributed by atoms with Gasteiger partial charge in [0.15, 0.2) is 5.82 Å². The summed E-state index contributed by atoms with van der Waals surface area (Å²) in [5.74, 6) is 1.32. The van der Waals surface area contributed by atoms with Gasteiger partial charge in [0.1, 0.15) is 0 Å². The molecule has 0 radical (unpaired) electrons. The van der Waals surface area contributed by atoms with Gasteiger partial charge < -0.3 is 10.3 Å². The van der Waals surface area contributed by atoms with Crippen LogP contribution < -0.4 is 5.73 Å². The third-order valence-corrected chi connectivity index (χ3v) is 3.10. The molecular weight excluding hydrogens is 204 g/mol. The molecule has 2 unspecified atom stereocenters. The SMILES string of the molecule is CC(N)c1nc(C2CCCN2C(C)C)no1. The molecule has 0 aliphatic carbocycles. The van der Waals surface area contributed by atoms with Crippen molar-refractivity contribution in [1.82, 2.24) is 15.0 Å². The van der Waals surface area contributed by atoms with Gasteiger partial charge in [-0.1, -0.05) is 5.16 Å². The molecule has 0 spiro atoms. The normalized spacial score (nSPS) is 24.2. The second-order valence-corrected chi connectivity index (χ2v) is 4.77. The third-order valence-electron chi connectivity index (χ3n) is 3.10. The average Bonchev–Trinajstić information content (AvgIpc) is 2.86. The number of nitrogens with zero attached hydrogens (tertiary/aromatic N) is 3. The largest absolute Gasteiger partial charge is 0.338 e. The Labute approximate surface area is 96.0 Å². The van der Waals surface area contributed by atoms with Crippen molar-refractivity contribution in [2.45, 2.75) is 51.7 Å². The maximum absolute atomic E-state index is 5.71. The van der Waals surface area contributed by atoms with Crippen molar-refractivity contribution in [3.63, 3.8) is 0 Å². The summed E-state index contributed by atoms with van der Waals surface area (Å²) in [7, 11) is 0. The highest BCUT2D eigenvalue weighted by molar-refractivity contribution is 5.00. The van der Waals surface area contributed by atoms with Gasteiger partial charge in [0, 0.05) is 6.04 Å². The average molecular weight is 224 g/mol. The van der Waals surface area contributed by atoms with Crippen LogP contribution in [0.1, 0.15) is 57.4 Å². The summed E-state index contributed by atoms with van der Waals surface area (Å²) in [5.41, 5.74) is 5.71. The predicted octanol–water partition coefficient (Wildman–Crippen LogP) is 1.63. The standard InChI is InChI=1S/C11H20N4O/c1-7(2)15-6-4-5-9(15)10-13-11(8(3)12)16-14-10/h7-9H,4-6,12H2,1-3H3. The maximum atomic E-state index is 5.71. The molecule has 0 aromatic carbocycles. The van der Waals surface area contributed by atoms with Gasteiger partial charge in [-0.2, -0.15) is 4.98 Å². The maximum Gasteiger partial charge on any atom is 0.243 e. The molecule has 16 heavy (non-hydrogen) atoms. The van der Waals surface area contributed by atoms with Crippen LogP contribution in [0.5, 0.6) is 0 Å². The number of hydrogen-bond donors (Lipinski definition) is 1. The Morgan fingerprint density at radius 1 is 1.44 bits per heavy atom. The minimum Gasteiger partial charge on any atom is -0.338 e. The van der Waals surface area contributed by atoms with Crippen LogP contribution in [0.15, 0.2) is 4.52 Å². The minimum atomic E-state index is -0.185. The van der Waals surface area contributed by atoms with E-state index in [0.29, 0.717) is 18.0 Å². The van der Waals surface area contributed by atoms with Crippen LogP contribution in [0.2, 0.25) is 0 Å². The van der Waals surface area contributed by atoms with Crippen molar-refractivity contribution in [2.75, 3.05) is 6.54 Å². The van der Waals surface area contributed by atoms with Gasteiger partial charge >= 0.3 is 0 Å². The molecular formula is C11H20N4O. The molecule has 2 N–H and O–H groups in total. The molecule has 1 aromatic rings. The van der Waals surface area contributed by atoms with E-state index in [4.69, 9.17) is 10.3 Å². The number of likely N-dealkylation sites (tertiary alicyclic amines) is 1. The number of rotatable bonds is 3. The van der Waals surface area contributed by atoms with E-state index in [1.807, 2.05) is 6.92 Å². The van der Waals surface area contributed by atoms with Crippen molar-refractivity contribution >= 4 is 0 Å². The minimum absolute atomic E-state index is 0.185. The van der Waals surface area contributed by atoms with Gasteiger partial charge in [-0.25, -0.2) is 0 Å². The Bertz CT molecular complexity index is 348. The highest BCUT2D eigenvalue weighted by atomic mass is 16.5. The van der Waals surface area contributed by atoms with Gasteiger partial charge in [-0.15, -0.1) is 0 Å². The van der Waals surface area contributed by atoms with E-state index in [1.54, 1.807) is 0 Å². The monoisotopic (exact) mass is 224 g/mol. The van der Waals surface area contributed by atoms with Gasteiger partial charge in [0.2, 0.25) is 5.89 Å². The van der Waals surface area contributed by atoms with Gasteiger partial charge in [0.25, 0.3) is 0 Å². The summed E-state index contributed by atoms with van der Waals surface area (Å²) in [6, 6.07) is 0.635. The number of nitrogens with two attached hydrogens (primary N) is 1. The molecule has 5 nitrogen and oxygen atoms in total. The first-order chi connectivity index (χ1) is 7.59. The van der Waals surface area contributed by atoms with Crippen LogP contribution in [0.25, 0.3) is 0 Å². The quantitative estimate of drug-likeness (QED) is 0.845. The van der Waals surface area contributed by atoms with E-state index in [0.717, 1.165) is 18.8 Å². The fraction of sp³-hybridized carbons (Fsp3) is 0.818. The zero-order chi connectivity index (χ0) is 11.7. The smallest absolute Gasteiger partial charge is 0.243 e. The molecule has 2 rings (SSSR count). The second kappa shape index (κ2) is 4.51. The Morgan fingerprint density at radius 3 is 2.75 bits per heavy atom. The zero-order valence-corrected chi connectivity index (χ0v) is 10.2. The van der Waals surface area contributed by atoms with Crippen molar-refractivity contribution in [2.24, 2.45) is 5.73 Å². The van der Waals surface area contributed by atoms with Crippen molar-refractivity contribution in [3.05, 3.63) is 11.7 Å². The highest BCUT2D eigenvalue weighted by Crippen LogP contribution is 2.31. The lowest BCUT2D eigenvalue weighted by Crippen LogP contribution is -2.30. The molecule has 1 aliphatic rings. The van der Waals surface area contributed by atoms with Crippen molar-refractivity contribution < 1.29 is 4.52 Å². The summed E-state index contributed by atoms with van der Waals surface area (Å²) in [5, 5.41) is 4.04. The van der Waals surface area contributed by atoms with E-state index >= 15 is 0 Å². The molecule has 90 valence electrons. The molecule has 0 saturated carbocycles. The number of aromatic nitrogens is 2. The first-order valence-corrected chi connectivity index (χ1v) is 5.94. The van der Waals surface area contributed by atoms with Crippen molar-refractivity contribution in [1.29, 1.82) is 0 Å². The fourth-order valence-corrected chi connectivity index (χ4v) is 2.25. The lowest BCUT2D eigenvalue weighted by Gasteiger charge is -2.25. The van der Waals surface area contributed by atoms with Crippen LogP contribution in [0.4, 0.5) is 0 Å². The first kappa shape index (κ1) is 11.5. The predicted molar refractivity (Wildman–Crippen MR) is 60.7 cm³/mol. The second-order valence-electron chi connectivity index (χ2n) is 4.77. The van der Waals surface area contributed by atoms with E-state index in [9.17, 15) is 0 Å².